The predicted octanol–water partition coefficient (Wildman–Crippen LogP) is 0.327. The Balaban J connectivity index is 1.60. The summed E-state index contributed by atoms with van der Waals surface area (Å²) in [4.78, 5) is 7.56. The molecule has 0 amide bonds. The van der Waals surface area contributed by atoms with Crippen LogP contribution < -0.4 is 0 Å². The van der Waals surface area contributed by atoms with Crippen molar-refractivity contribution in [3.05, 3.63) is 0 Å². The molecule has 4 nitrogen and oxygen atoms in total. The van der Waals surface area contributed by atoms with Crippen molar-refractivity contribution in [2.45, 2.75) is 25.9 Å². The fourth-order valence-corrected chi connectivity index (χ4v) is 3.01. The molecule has 0 aliphatic carbocycles. The van der Waals surface area contributed by atoms with Gasteiger partial charge in [-0.05, 0) is 45.8 Å². The number of piperidine rings is 1. The number of aliphatic hydroxyl groups is 1. The molecule has 0 bridgehead atoms. The van der Waals surface area contributed by atoms with E-state index in [4.69, 9.17) is 0 Å². The Morgan fingerprint density at radius 2 is 1.44 bits per heavy atom. The van der Waals surface area contributed by atoms with E-state index in [0.29, 0.717) is 5.92 Å². The van der Waals surface area contributed by atoms with E-state index >= 15 is 0 Å². The first-order chi connectivity index (χ1) is 8.65. The largest absolute Gasteiger partial charge is 0.393 e. The summed E-state index contributed by atoms with van der Waals surface area (Å²) in [5.74, 6) is 0.532. The third kappa shape index (κ3) is 4.19. The summed E-state index contributed by atoms with van der Waals surface area (Å²) >= 11 is 0. The molecular formula is C14H29N3O. The van der Waals surface area contributed by atoms with E-state index < -0.39 is 0 Å². The molecule has 0 saturated carbocycles. The van der Waals surface area contributed by atoms with Crippen molar-refractivity contribution in [1.29, 1.82) is 0 Å². The van der Waals surface area contributed by atoms with E-state index in [0.717, 1.165) is 0 Å². The minimum Gasteiger partial charge on any atom is -0.393 e. The summed E-state index contributed by atoms with van der Waals surface area (Å²) in [7, 11) is 2.21. The molecule has 0 spiro atoms. The molecule has 2 rings (SSSR count). The number of aliphatic hydroxyl groups excluding tert-OH is 1. The minimum atomic E-state index is -0.121. The lowest BCUT2D eigenvalue weighted by Gasteiger charge is -2.36. The highest BCUT2D eigenvalue weighted by Crippen LogP contribution is 2.20. The Labute approximate surface area is 112 Å². The predicted molar refractivity (Wildman–Crippen MR) is 74.8 cm³/mol. The van der Waals surface area contributed by atoms with Crippen molar-refractivity contribution in [3.63, 3.8) is 0 Å². The Hall–Kier alpha value is -0.160. The van der Waals surface area contributed by atoms with Gasteiger partial charge in [-0.3, -0.25) is 4.90 Å². The van der Waals surface area contributed by atoms with Gasteiger partial charge in [0.15, 0.2) is 0 Å². The van der Waals surface area contributed by atoms with Gasteiger partial charge in [0.25, 0.3) is 0 Å². The molecule has 2 saturated heterocycles. The van der Waals surface area contributed by atoms with Crippen LogP contribution >= 0.6 is 0 Å². The molecule has 1 atom stereocenters. The molecule has 2 aliphatic rings. The minimum absolute atomic E-state index is 0.121. The summed E-state index contributed by atoms with van der Waals surface area (Å²) in [6.07, 6.45) is 2.21. The van der Waals surface area contributed by atoms with E-state index in [1.165, 1.54) is 65.2 Å². The Kier molecular flexibility index (Phi) is 5.42. The molecule has 0 aromatic heterocycles. The second-order valence-corrected chi connectivity index (χ2v) is 6.06. The van der Waals surface area contributed by atoms with E-state index in [1.54, 1.807) is 0 Å². The summed E-state index contributed by atoms with van der Waals surface area (Å²) < 4.78 is 0. The molecule has 2 fully saturated rings. The van der Waals surface area contributed by atoms with Crippen molar-refractivity contribution in [1.82, 2.24) is 14.7 Å². The van der Waals surface area contributed by atoms with Gasteiger partial charge in [0.1, 0.15) is 0 Å². The number of hydrogen-bond donors (Lipinski definition) is 1. The molecule has 1 N–H and O–H groups in total. The number of likely N-dealkylation sites (tertiary alicyclic amines) is 1. The smallest absolute Gasteiger partial charge is 0.0541 e. The molecule has 0 aromatic rings. The average Bonchev–Trinajstić information content (AvgIpc) is 2.38. The zero-order valence-corrected chi connectivity index (χ0v) is 12.0. The van der Waals surface area contributed by atoms with Gasteiger partial charge in [-0.15, -0.1) is 0 Å². The lowest BCUT2D eigenvalue weighted by molar-refractivity contribution is 0.0645. The lowest BCUT2D eigenvalue weighted by Crippen LogP contribution is -2.48. The van der Waals surface area contributed by atoms with Gasteiger partial charge < -0.3 is 14.9 Å². The number of likely N-dealkylation sites (N-methyl/N-ethyl adjacent to an activating group) is 1. The van der Waals surface area contributed by atoms with E-state index in [1.807, 2.05) is 6.92 Å². The molecule has 4 heteroatoms. The van der Waals surface area contributed by atoms with Crippen molar-refractivity contribution < 1.29 is 5.11 Å². The van der Waals surface area contributed by atoms with Crippen molar-refractivity contribution in [2.24, 2.45) is 5.92 Å². The van der Waals surface area contributed by atoms with Crippen LogP contribution in [0.2, 0.25) is 0 Å². The second-order valence-electron chi connectivity index (χ2n) is 6.06. The van der Waals surface area contributed by atoms with Gasteiger partial charge in [-0.2, -0.15) is 0 Å². The maximum atomic E-state index is 9.59. The highest BCUT2D eigenvalue weighted by Gasteiger charge is 2.23. The average molecular weight is 255 g/mol. The van der Waals surface area contributed by atoms with Crippen LogP contribution in [-0.4, -0.2) is 85.3 Å². The molecular weight excluding hydrogens is 226 g/mol. The van der Waals surface area contributed by atoms with Crippen LogP contribution in [0.15, 0.2) is 0 Å². The summed E-state index contributed by atoms with van der Waals surface area (Å²) in [5.41, 5.74) is 0. The number of rotatable bonds is 4. The van der Waals surface area contributed by atoms with Gasteiger partial charge in [0, 0.05) is 39.3 Å². The molecule has 0 aromatic carbocycles. The van der Waals surface area contributed by atoms with Crippen molar-refractivity contribution >= 4 is 0 Å². The normalized spacial score (nSPS) is 27.5. The maximum absolute atomic E-state index is 9.59. The summed E-state index contributed by atoms with van der Waals surface area (Å²) in [6.45, 7) is 11.6. The van der Waals surface area contributed by atoms with Crippen LogP contribution in [0, 0.1) is 5.92 Å². The van der Waals surface area contributed by atoms with Gasteiger partial charge in [0.2, 0.25) is 0 Å². The first-order valence-corrected chi connectivity index (χ1v) is 7.46. The summed E-state index contributed by atoms with van der Waals surface area (Å²) in [6, 6.07) is 0. The number of nitrogens with zero attached hydrogens (tertiary/aromatic N) is 3. The van der Waals surface area contributed by atoms with Crippen LogP contribution in [0.4, 0.5) is 0 Å². The second kappa shape index (κ2) is 6.85. The summed E-state index contributed by atoms with van der Waals surface area (Å²) in [5, 5.41) is 9.59. The quantitative estimate of drug-likeness (QED) is 0.784. The lowest BCUT2D eigenvalue weighted by atomic mass is 9.92. The fraction of sp³-hybridized carbons (Fsp3) is 1.00. The van der Waals surface area contributed by atoms with Gasteiger partial charge in [0.05, 0.1) is 6.10 Å². The van der Waals surface area contributed by atoms with E-state index in [-0.39, 0.29) is 6.10 Å². The van der Waals surface area contributed by atoms with Crippen LogP contribution in [-0.2, 0) is 0 Å². The SMILES string of the molecule is CC(O)C1CCN(CCN2CCN(C)CC2)CC1. The third-order valence-electron chi connectivity index (χ3n) is 4.64. The first-order valence-electron chi connectivity index (χ1n) is 7.46. The van der Waals surface area contributed by atoms with E-state index in [2.05, 4.69) is 21.7 Å². The molecule has 0 radical (unpaired) electrons. The van der Waals surface area contributed by atoms with Crippen LogP contribution in [0.1, 0.15) is 19.8 Å². The molecule has 2 heterocycles. The van der Waals surface area contributed by atoms with Crippen molar-refractivity contribution in [3.8, 4) is 0 Å². The van der Waals surface area contributed by atoms with Gasteiger partial charge in [-0.1, -0.05) is 0 Å². The van der Waals surface area contributed by atoms with E-state index in [9.17, 15) is 5.11 Å². The third-order valence-corrected chi connectivity index (χ3v) is 4.64. The maximum Gasteiger partial charge on any atom is 0.0541 e. The zero-order chi connectivity index (χ0) is 13.0. The van der Waals surface area contributed by atoms with Crippen LogP contribution in [0.3, 0.4) is 0 Å². The highest BCUT2D eigenvalue weighted by atomic mass is 16.3. The molecule has 106 valence electrons. The van der Waals surface area contributed by atoms with Crippen LogP contribution in [0.5, 0.6) is 0 Å². The Bertz CT molecular complexity index is 231. The fourth-order valence-electron chi connectivity index (χ4n) is 3.01. The number of hydrogen-bond acceptors (Lipinski definition) is 4. The standard InChI is InChI=1S/C14H29N3O/c1-13(18)14-3-5-16(6-4-14)11-12-17-9-7-15(2)8-10-17/h13-14,18H,3-12H2,1-2H3. The first kappa shape index (κ1) is 14.3. The van der Waals surface area contributed by atoms with Gasteiger partial charge >= 0.3 is 0 Å². The Morgan fingerprint density at radius 1 is 0.944 bits per heavy atom. The van der Waals surface area contributed by atoms with Crippen molar-refractivity contribution in [2.75, 3.05) is 59.4 Å². The molecule has 2 aliphatic heterocycles. The van der Waals surface area contributed by atoms with Crippen LogP contribution in [0.25, 0.3) is 0 Å². The number of piperazine rings is 1. The topological polar surface area (TPSA) is 30.0 Å². The molecule has 18 heavy (non-hydrogen) atoms. The monoisotopic (exact) mass is 255 g/mol. The highest BCUT2D eigenvalue weighted by molar-refractivity contribution is 4.77. The Morgan fingerprint density at radius 3 is 1.94 bits per heavy atom. The zero-order valence-electron chi connectivity index (χ0n) is 12.0. The van der Waals surface area contributed by atoms with Gasteiger partial charge in [-0.25, -0.2) is 0 Å². The molecule has 1 unspecified atom stereocenters.